The molecule has 0 heterocycles. The van der Waals surface area contributed by atoms with Crippen molar-refractivity contribution in [1.82, 2.24) is 5.32 Å². The second kappa shape index (κ2) is 8.36. The van der Waals surface area contributed by atoms with Crippen LogP contribution in [0.25, 0.3) is 0 Å². The van der Waals surface area contributed by atoms with E-state index in [1.807, 2.05) is 30.3 Å². The molecule has 1 aliphatic rings. The number of hydrogen-bond donors (Lipinski definition) is 2. The number of carbonyl (C=O) groups is 2. The van der Waals surface area contributed by atoms with Crippen molar-refractivity contribution in [2.24, 2.45) is 5.92 Å². The maximum atomic E-state index is 11.9. The molecule has 1 aromatic carbocycles. The Bertz CT molecular complexity index is 555. The van der Waals surface area contributed by atoms with E-state index >= 15 is 0 Å². The second-order valence-corrected chi connectivity index (χ2v) is 5.89. The standard InChI is InChI=1S/C18H23NO4/c1-13-8-4-2-7-11-15(13)16(17(20)21)19-18(22)23-12-14-9-5-3-6-10-14/h3,5-6,9-10,15-16H,1-2,4,7-8,11-12H2,(H,19,22)(H,20,21)/t15-,16-/m1/s1. The molecule has 0 radical (unpaired) electrons. The van der Waals surface area contributed by atoms with Gasteiger partial charge in [0.15, 0.2) is 0 Å². The van der Waals surface area contributed by atoms with E-state index in [1.165, 1.54) is 0 Å². The molecule has 0 saturated heterocycles. The van der Waals surface area contributed by atoms with E-state index in [1.54, 1.807) is 0 Å². The monoisotopic (exact) mass is 317 g/mol. The lowest BCUT2D eigenvalue weighted by Crippen LogP contribution is -2.46. The summed E-state index contributed by atoms with van der Waals surface area (Å²) in [5.74, 6) is -1.28. The molecule has 1 saturated carbocycles. The maximum Gasteiger partial charge on any atom is 0.408 e. The molecule has 0 bridgehead atoms. The van der Waals surface area contributed by atoms with E-state index < -0.39 is 18.1 Å². The molecular weight excluding hydrogens is 294 g/mol. The predicted octanol–water partition coefficient (Wildman–Crippen LogP) is 3.50. The topological polar surface area (TPSA) is 75.6 Å². The van der Waals surface area contributed by atoms with Gasteiger partial charge in [-0.1, -0.05) is 55.3 Å². The first kappa shape index (κ1) is 17.1. The van der Waals surface area contributed by atoms with Crippen LogP contribution in [0.2, 0.25) is 0 Å². The summed E-state index contributed by atoms with van der Waals surface area (Å²) < 4.78 is 5.12. The van der Waals surface area contributed by atoms with Crippen molar-refractivity contribution in [3.8, 4) is 0 Å². The average Bonchev–Trinajstić information content (AvgIpc) is 2.76. The highest BCUT2D eigenvalue weighted by Crippen LogP contribution is 2.29. The molecule has 124 valence electrons. The molecule has 2 rings (SSSR count). The Morgan fingerprint density at radius 2 is 2.00 bits per heavy atom. The molecule has 5 nitrogen and oxygen atoms in total. The maximum absolute atomic E-state index is 11.9. The quantitative estimate of drug-likeness (QED) is 0.644. The Hall–Kier alpha value is -2.30. The minimum Gasteiger partial charge on any atom is -0.480 e. The molecule has 2 atom stereocenters. The van der Waals surface area contributed by atoms with E-state index in [9.17, 15) is 14.7 Å². The number of amides is 1. The molecular formula is C18H23NO4. The van der Waals surface area contributed by atoms with Gasteiger partial charge in [-0.25, -0.2) is 9.59 Å². The van der Waals surface area contributed by atoms with Crippen molar-refractivity contribution >= 4 is 12.1 Å². The van der Waals surface area contributed by atoms with Gasteiger partial charge in [0.2, 0.25) is 0 Å². The van der Waals surface area contributed by atoms with Gasteiger partial charge in [0.1, 0.15) is 12.6 Å². The molecule has 0 spiro atoms. The van der Waals surface area contributed by atoms with Gasteiger partial charge in [0.05, 0.1) is 0 Å². The number of hydrogen-bond acceptors (Lipinski definition) is 3. The van der Waals surface area contributed by atoms with Crippen molar-refractivity contribution in [2.45, 2.75) is 44.8 Å². The fourth-order valence-corrected chi connectivity index (χ4v) is 2.91. The first-order chi connectivity index (χ1) is 11.1. The number of alkyl carbamates (subject to hydrolysis) is 1. The third kappa shape index (κ3) is 5.13. The van der Waals surface area contributed by atoms with Crippen molar-refractivity contribution in [2.75, 3.05) is 0 Å². The molecule has 0 aliphatic heterocycles. The molecule has 1 amide bonds. The summed E-state index contributed by atoms with van der Waals surface area (Å²) in [6.45, 7) is 4.12. The van der Waals surface area contributed by atoms with Gasteiger partial charge in [0.25, 0.3) is 0 Å². The highest BCUT2D eigenvalue weighted by atomic mass is 16.5. The minimum atomic E-state index is -1.05. The highest BCUT2D eigenvalue weighted by Gasteiger charge is 2.32. The third-order valence-corrected chi connectivity index (χ3v) is 4.19. The largest absolute Gasteiger partial charge is 0.480 e. The van der Waals surface area contributed by atoms with Crippen LogP contribution in [-0.4, -0.2) is 23.2 Å². The van der Waals surface area contributed by atoms with Gasteiger partial charge in [-0.15, -0.1) is 0 Å². The Labute approximate surface area is 136 Å². The Morgan fingerprint density at radius 3 is 2.70 bits per heavy atom. The van der Waals surface area contributed by atoms with Crippen LogP contribution >= 0.6 is 0 Å². The van der Waals surface area contributed by atoms with Gasteiger partial charge >= 0.3 is 12.1 Å². The van der Waals surface area contributed by atoms with Crippen LogP contribution in [0.5, 0.6) is 0 Å². The molecule has 2 N–H and O–H groups in total. The van der Waals surface area contributed by atoms with Gasteiger partial charge < -0.3 is 15.2 Å². The number of carboxylic acids is 1. The van der Waals surface area contributed by atoms with Crippen LogP contribution in [0.3, 0.4) is 0 Å². The second-order valence-electron chi connectivity index (χ2n) is 5.89. The van der Waals surface area contributed by atoms with E-state index in [-0.39, 0.29) is 12.5 Å². The summed E-state index contributed by atoms with van der Waals surface area (Å²) in [6.07, 6.45) is 3.89. The molecule has 1 fully saturated rings. The number of benzene rings is 1. The summed E-state index contributed by atoms with van der Waals surface area (Å²) in [4.78, 5) is 23.5. The van der Waals surface area contributed by atoms with Crippen LogP contribution in [0.15, 0.2) is 42.5 Å². The smallest absolute Gasteiger partial charge is 0.408 e. The number of aliphatic carboxylic acids is 1. The normalized spacial score (nSPS) is 19.5. The lowest BCUT2D eigenvalue weighted by Gasteiger charge is -2.25. The van der Waals surface area contributed by atoms with Crippen LogP contribution in [0, 0.1) is 5.92 Å². The summed E-state index contributed by atoms with van der Waals surface area (Å²) in [5.41, 5.74) is 1.76. The lowest BCUT2D eigenvalue weighted by atomic mass is 9.88. The zero-order valence-corrected chi connectivity index (χ0v) is 13.2. The van der Waals surface area contributed by atoms with Crippen molar-refractivity contribution in [3.05, 3.63) is 48.0 Å². The zero-order chi connectivity index (χ0) is 16.7. The Balaban J connectivity index is 1.94. The molecule has 1 aromatic rings. The van der Waals surface area contributed by atoms with E-state index in [2.05, 4.69) is 11.9 Å². The summed E-state index contributed by atoms with van der Waals surface area (Å²) >= 11 is 0. The zero-order valence-electron chi connectivity index (χ0n) is 13.2. The molecule has 23 heavy (non-hydrogen) atoms. The molecule has 0 unspecified atom stereocenters. The molecule has 0 aromatic heterocycles. The SMILES string of the molecule is C=C1CCCCC[C@H]1[C@@H](NC(=O)OCc1ccccc1)C(=O)O. The van der Waals surface area contributed by atoms with E-state index in [0.29, 0.717) is 0 Å². The number of rotatable bonds is 5. The van der Waals surface area contributed by atoms with Gasteiger partial charge in [0, 0.05) is 5.92 Å². The lowest BCUT2D eigenvalue weighted by molar-refractivity contribution is -0.140. The van der Waals surface area contributed by atoms with Crippen LogP contribution < -0.4 is 5.32 Å². The Morgan fingerprint density at radius 1 is 1.26 bits per heavy atom. The molecule has 1 aliphatic carbocycles. The first-order valence-electron chi connectivity index (χ1n) is 7.95. The average molecular weight is 317 g/mol. The number of ether oxygens (including phenoxy) is 1. The minimum absolute atomic E-state index is 0.116. The number of nitrogens with one attached hydrogen (secondary N) is 1. The number of carbonyl (C=O) groups excluding carboxylic acids is 1. The summed E-state index contributed by atoms with van der Waals surface area (Å²) in [5, 5.41) is 12.0. The van der Waals surface area contributed by atoms with E-state index in [0.717, 1.165) is 43.2 Å². The third-order valence-electron chi connectivity index (χ3n) is 4.19. The van der Waals surface area contributed by atoms with Crippen molar-refractivity contribution < 1.29 is 19.4 Å². The fourth-order valence-electron chi connectivity index (χ4n) is 2.91. The van der Waals surface area contributed by atoms with Gasteiger partial charge in [-0.2, -0.15) is 0 Å². The highest BCUT2D eigenvalue weighted by molar-refractivity contribution is 5.80. The molecule has 5 heteroatoms. The van der Waals surface area contributed by atoms with Crippen molar-refractivity contribution in [3.63, 3.8) is 0 Å². The first-order valence-corrected chi connectivity index (χ1v) is 7.95. The van der Waals surface area contributed by atoms with Crippen molar-refractivity contribution in [1.29, 1.82) is 0 Å². The van der Waals surface area contributed by atoms with Crippen LogP contribution in [0.1, 0.15) is 37.7 Å². The van der Waals surface area contributed by atoms with Gasteiger partial charge in [-0.3, -0.25) is 0 Å². The fraction of sp³-hybridized carbons (Fsp3) is 0.444. The van der Waals surface area contributed by atoms with Gasteiger partial charge in [-0.05, 0) is 24.8 Å². The number of carboxylic acid groups (broad SMARTS) is 1. The van der Waals surface area contributed by atoms with E-state index in [4.69, 9.17) is 4.74 Å². The summed E-state index contributed by atoms with van der Waals surface area (Å²) in [6, 6.07) is 8.29. The van der Waals surface area contributed by atoms with Crippen LogP contribution in [0.4, 0.5) is 4.79 Å². The van der Waals surface area contributed by atoms with Crippen LogP contribution in [-0.2, 0) is 16.1 Å². The summed E-state index contributed by atoms with van der Waals surface area (Å²) in [7, 11) is 0. The predicted molar refractivity (Wildman–Crippen MR) is 86.9 cm³/mol. The Kier molecular flexibility index (Phi) is 6.20.